The smallest absolute Gasteiger partial charge is 0.255 e. The van der Waals surface area contributed by atoms with Crippen molar-refractivity contribution in [3.05, 3.63) is 95.9 Å². The normalized spacial score (nSPS) is 10.4. The number of benzene rings is 2. The zero-order valence-electron chi connectivity index (χ0n) is 18.2. The first-order chi connectivity index (χ1) is 16.0. The van der Waals surface area contributed by atoms with E-state index in [1.165, 1.54) is 13.3 Å². The third kappa shape index (κ3) is 5.76. The molecule has 2 heterocycles. The van der Waals surface area contributed by atoms with Crippen LogP contribution in [0.25, 0.3) is 0 Å². The second-order valence-electron chi connectivity index (χ2n) is 7.42. The molecular weight excluding hydrogens is 416 g/mol. The number of carbonyl (C=O) groups excluding carboxylic acids is 2. The third-order valence-electron chi connectivity index (χ3n) is 4.81. The molecule has 0 unspecified atom stereocenters. The number of hydrogen-bond donors (Lipinski definition) is 3. The Balaban J connectivity index is 1.38. The largest absolute Gasteiger partial charge is 0.340 e. The maximum absolute atomic E-state index is 12.4. The fraction of sp³-hybridized carbons (Fsp3) is 0.0800. The van der Waals surface area contributed by atoms with Crippen molar-refractivity contribution < 1.29 is 9.59 Å². The molecule has 0 spiro atoms. The van der Waals surface area contributed by atoms with Crippen molar-refractivity contribution in [3.8, 4) is 0 Å². The van der Waals surface area contributed by atoms with E-state index in [-0.39, 0.29) is 11.7 Å². The predicted octanol–water partition coefficient (Wildman–Crippen LogP) is 5.12. The van der Waals surface area contributed by atoms with Gasteiger partial charge in [-0.2, -0.15) is 0 Å². The van der Waals surface area contributed by atoms with E-state index in [0.717, 1.165) is 11.3 Å². The van der Waals surface area contributed by atoms with E-state index in [1.54, 1.807) is 48.7 Å². The molecule has 0 saturated carbocycles. The number of rotatable bonds is 7. The molecule has 1 amide bonds. The van der Waals surface area contributed by atoms with Gasteiger partial charge < -0.3 is 16.0 Å². The number of hydrogen-bond acceptors (Lipinski definition) is 7. The van der Waals surface area contributed by atoms with Crippen LogP contribution in [0.3, 0.4) is 0 Å². The SMILES string of the molecule is CC(=O)c1ccc(C(=O)Nc2ccc(Nc3cc(Nc4cc(C)ccn4)ncn3)cc2)cc1. The Morgan fingerprint density at radius 2 is 1.30 bits per heavy atom. The minimum atomic E-state index is -0.248. The molecule has 0 saturated heterocycles. The lowest BCUT2D eigenvalue weighted by atomic mass is 10.1. The molecule has 0 atom stereocenters. The fourth-order valence-electron chi connectivity index (χ4n) is 3.07. The highest BCUT2D eigenvalue weighted by Crippen LogP contribution is 2.21. The van der Waals surface area contributed by atoms with Gasteiger partial charge in [-0.25, -0.2) is 15.0 Å². The molecule has 33 heavy (non-hydrogen) atoms. The Bertz CT molecular complexity index is 1290. The van der Waals surface area contributed by atoms with Crippen LogP contribution < -0.4 is 16.0 Å². The van der Waals surface area contributed by atoms with Gasteiger partial charge in [-0.3, -0.25) is 9.59 Å². The Morgan fingerprint density at radius 3 is 1.97 bits per heavy atom. The Hall–Kier alpha value is -4.59. The summed E-state index contributed by atoms with van der Waals surface area (Å²) in [6.45, 7) is 3.49. The number of Topliss-reactive ketones (excluding diaryl/α,β-unsaturated/α-hetero) is 1. The van der Waals surface area contributed by atoms with Gasteiger partial charge in [0.05, 0.1) is 0 Å². The topological polar surface area (TPSA) is 109 Å². The average Bonchev–Trinajstić information content (AvgIpc) is 2.81. The highest BCUT2D eigenvalue weighted by atomic mass is 16.1. The van der Waals surface area contributed by atoms with Gasteiger partial charge in [0.25, 0.3) is 5.91 Å². The molecule has 4 aromatic rings. The number of carbonyl (C=O) groups is 2. The number of aromatic nitrogens is 3. The van der Waals surface area contributed by atoms with Crippen LogP contribution in [0.2, 0.25) is 0 Å². The monoisotopic (exact) mass is 438 g/mol. The van der Waals surface area contributed by atoms with Gasteiger partial charge >= 0.3 is 0 Å². The van der Waals surface area contributed by atoms with Crippen molar-refractivity contribution in [3.63, 3.8) is 0 Å². The fourth-order valence-corrected chi connectivity index (χ4v) is 3.07. The molecule has 0 bridgehead atoms. The lowest BCUT2D eigenvalue weighted by molar-refractivity contribution is 0.101. The van der Waals surface area contributed by atoms with Crippen molar-refractivity contribution in [1.82, 2.24) is 15.0 Å². The second-order valence-corrected chi connectivity index (χ2v) is 7.42. The minimum Gasteiger partial charge on any atom is -0.340 e. The molecule has 0 aliphatic rings. The van der Waals surface area contributed by atoms with E-state index in [9.17, 15) is 9.59 Å². The van der Waals surface area contributed by atoms with Gasteiger partial charge in [0.1, 0.15) is 23.8 Å². The molecule has 2 aromatic heterocycles. The molecule has 4 rings (SSSR count). The molecule has 8 heteroatoms. The minimum absolute atomic E-state index is 0.0385. The number of aryl methyl sites for hydroxylation is 1. The molecule has 8 nitrogen and oxygen atoms in total. The lowest BCUT2D eigenvalue weighted by Gasteiger charge is -2.10. The van der Waals surface area contributed by atoms with E-state index in [0.29, 0.717) is 34.3 Å². The summed E-state index contributed by atoms with van der Waals surface area (Å²) < 4.78 is 0. The molecule has 0 fully saturated rings. The van der Waals surface area contributed by atoms with E-state index in [4.69, 9.17) is 0 Å². The molecule has 0 aliphatic heterocycles. The van der Waals surface area contributed by atoms with Crippen molar-refractivity contribution >= 4 is 40.5 Å². The molecule has 2 aromatic carbocycles. The zero-order chi connectivity index (χ0) is 23.2. The molecule has 164 valence electrons. The zero-order valence-corrected chi connectivity index (χ0v) is 18.2. The maximum Gasteiger partial charge on any atom is 0.255 e. The maximum atomic E-state index is 12.4. The first-order valence-electron chi connectivity index (χ1n) is 10.3. The van der Waals surface area contributed by atoms with E-state index < -0.39 is 0 Å². The van der Waals surface area contributed by atoms with Crippen LogP contribution in [-0.4, -0.2) is 26.6 Å². The van der Waals surface area contributed by atoms with Gasteiger partial charge in [-0.1, -0.05) is 12.1 Å². The average molecular weight is 438 g/mol. The van der Waals surface area contributed by atoms with Crippen molar-refractivity contribution in [2.24, 2.45) is 0 Å². The standard InChI is InChI=1S/C25H22N6O2/c1-16-11-12-26-22(13-16)31-24-14-23(27-15-28-24)29-20-7-9-21(10-8-20)30-25(33)19-5-3-18(4-6-19)17(2)32/h3-15H,1-2H3,(H,30,33)(H2,26,27,28,29,31). The van der Waals surface area contributed by atoms with Crippen LogP contribution >= 0.6 is 0 Å². The molecule has 0 radical (unpaired) electrons. The van der Waals surface area contributed by atoms with Gasteiger partial charge in [-0.15, -0.1) is 0 Å². The molecule has 0 aliphatic carbocycles. The highest BCUT2D eigenvalue weighted by molar-refractivity contribution is 6.05. The van der Waals surface area contributed by atoms with Gasteiger partial charge in [-0.05, 0) is 67.9 Å². The number of anilines is 5. The van der Waals surface area contributed by atoms with Crippen molar-refractivity contribution in [2.75, 3.05) is 16.0 Å². The van der Waals surface area contributed by atoms with Crippen LogP contribution in [0.5, 0.6) is 0 Å². The number of pyridine rings is 1. The Labute approximate surface area is 191 Å². The first kappa shape index (κ1) is 21.6. The summed E-state index contributed by atoms with van der Waals surface area (Å²) in [7, 11) is 0. The molecule has 3 N–H and O–H groups in total. The first-order valence-corrected chi connectivity index (χ1v) is 10.3. The van der Waals surface area contributed by atoms with Gasteiger partial charge in [0, 0.05) is 34.8 Å². The van der Waals surface area contributed by atoms with E-state index in [2.05, 4.69) is 30.9 Å². The van der Waals surface area contributed by atoms with Gasteiger partial charge in [0.15, 0.2) is 5.78 Å². The third-order valence-corrected chi connectivity index (χ3v) is 4.81. The summed E-state index contributed by atoms with van der Waals surface area (Å²) in [5, 5.41) is 9.22. The predicted molar refractivity (Wildman–Crippen MR) is 128 cm³/mol. The highest BCUT2D eigenvalue weighted by Gasteiger charge is 2.08. The second kappa shape index (κ2) is 9.69. The number of ketones is 1. The summed E-state index contributed by atoms with van der Waals surface area (Å²) in [6, 6.07) is 19.5. The lowest BCUT2D eigenvalue weighted by Crippen LogP contribution is -2.12. The number of nitrogens with zero attached hydrogens (tertiary/aromatic N) is 3. The summed E-state index contributed by atoms with van der Waals surface area (Å²) in [5.41, 5.74) is 3.60. The van der Waals surface area contributed by atoms with Crippen LogP contribution in [0, 0.1) is 6.92 Å². The van der Waals surface area contributed by atoms with Crippen LogP contribution in [0.4, 0.5) is 28.8 Å². The van der Waals surface area contributed by atoms with E-state index in [1.807, 2.05) is 31.2 Å². The van der Waals surface area contributed by atoms with Crippen LogP contribution in [0.1, 0.15) is 33.2 Å². The summed E-state index contributed by atoms with van der Waals surface area (Å²) in [4.78, 5) is 36.6. The van der Waals surface area contributed by atoms with Crippen LogP contribution in [0.15, 0.2) is 79.3 Å². The van der Waals surface area contributed by atoms with Gasteiger partial charge in [0.2, 0.25) is 0 Å². The van der Waals surface area contributed by atoms with Crippen LogP contribution in [-0.2, 0) is 0 Å². The Kier molecular flexibility index (Phi) is 6.36. The van der Waals surface area contributed by atoms with Crippen molar-refractivity contribution in [1.29, 1.82) is 0 Å². The summed E-state index contributed by atoms with van der Waals surface area (Å²) in [5.74, 6) is 1.65. The summed E-state index contributed by atoms with van der Waals surface area (Å²) >= 11 is 0. The Morgan fingerprint density at radius 1 is 0.697 bits per heavy atom. The molecular formula is C25H22N6O2. The summed E-state index contributed by atoms with van der Waals surface area (Å²) in [6.07, 6.45) is 3.20. The quantitative estimate of drug-likeness (QED) is 0.344. The number of amides is 1. The van der Waals surface area contributed by atoms with E-state index >= 15 is 0 Å². The number of nitrogens with one attached hydrogen (secondary N) is 3. The van der Waals surface area contributed by atoms with Crippen molar-refractivity contribution in [2.45, 2.75) is 13.8 Å².